The molecule has 0 spiro atoms. The van der Waals surface area contributed by atoms with Crippen LogP contribution < -0.4 is 31.8 Å². The number of aliphatic imine (C=N–C) groups is 1. The number of hydrogen-bond acceptors (Lipinski definition) is 2. The van der Waals surface area contributed by atoms with Gasteiger partial charge in [-0.05, 0) is 53.9 Å². The molecule has 0 bridgehead atoms. The SMILES string of the molecule is CN=Cc1cc(C)c[c-]c1O.[C-]#[O+].[Cl][Ru+].c1ccc(P(c2ccccc2)c2ccccc2)cc1.c1ccc(P(c2ccccc2)c2ccccc2)cc1. The van der Waals surface area contributed by atoms with Crippen molar-refractivity contribution < 1.29 is 27.1 Å². The fraction of sp³-hybridized carbons (Fsp3) is 0.0435. The summed E-state index contributed by atoms with van der Waals surface area (Å²) in [4.78, 5) is 3.80. The average molecular weight is 837 g/mol. The van der Waals surface area contributed by atoms with Crippen LogP contribution in [-0.4, -0.2) is 18.4 Å². The van der Waals surface area contributed by atoms with Crippen LogP contribution in [0.4, 0.5) is 0 Å². The number of aromatic hydroxyl groups is 1. The Morgan fingerprint density at radius 3 is 1.02 bits per heavy atom. The number of benzene rings is 7. The molecule has 7 aromatic rings. The summed E-state index contributed by atoms with van der Waals surface area (Å²) < 4.78 is 7.50. The van der Waals surface area contributed by atoms with Gasteiger partial charge in [0.15, 0.2) is 0 Å². The topological polar surface area (TPSA) is 52.5 Å². The largest absolute Gasteiger partial charge is 0.0622 e. The van der Waals surface area contributed by atoms with Gasteiger partial charge < -0.3 is 10.1 Å². The second-order valence-electron chi connectivity index (χ2n) is 11.1. The molecule has 0 aliphatic rings. The van der Waals surface area contributed by atoms with Crippen molar-refractivity contribution in [3.63, 3.8) is 0 Å². The first-order chi connectivity index (χ1) is 26.1. The molecular weight excluding hydrogens is 797 g/mol. The number of rotatable bonds is 7. The second-order valence-corrected chi connectivity index (χ2v) is 15.5. The van der Waals surface area contributed by atoms with Crippen molar-refractivity contribution >= 4 is 63.6 Å². The molecule has 7 aromatic carbocycles. The van der Waals surface area contributed by atoms with E-state index in [0.29, 0.717) is 5.56 Å². The van der Waals surface area contributed by atoms with Crippen molar-refractivity contribution in [1.29, 1.82) is 0 Å². The van der Waals surface area contributed by atoms with Crippen molar-refractivity contribution in [1.82, 2.24) is 0 Å². The van der Waals surface area contributed by atoms with Crippen LogP contribution in [0.3, 0.4) is 0 Å². The molecule has 7 rings (SSSR count). The molecule has 1 N–H and O–H groups in total. The van der Waals surface area contributed by atoms with Crippen LogP contribution in [0.5, 0.6) is 5.75 Å². The van der Waals surface area contributed by atoms with E-state index in [1.54, 1.807) is 19.3 Å². The first-order valence-electron chi connectivity index (χ1n) is 16.5. The summed E-state index contributed by atoms with van der Waals surface area (Å²) in [6.45, 7) is 6.45. The molecule has 0 atom stereocenters. The molecule has 0 unspecified atom stereocenters. The summed E-state index contributed by atoms with van der Waals surface area (Å²) in [6.07, 6.45) is 1.61. The fourth-order valence-electron chi connectivity index (χ4n) is 5.22. The van der Waals surface area contributed by atoms with Crippen LogP contribution in [0.1, 0.15) is 11.1 Å². The van der Waals surface area contributed by atoms with Crippen molar-refractivity contribution in [2.75, 3.05) is 7.05 Å². The van der Waals surface area contributed by atoms with Gasteiger partial charge in [0.05, 0.1) is 0 Å². The van der Waals surface area contributed by atoms with Crippen LogP contribution >= 0.6 is 25.5 Å². The molecular formula is C46H40ClNO2P2Ru. The summed E-state index contributed by atoms with van der Waals surface area (Å²) in [5.74, 6) is 0.154. The van der Waals surface area contributed by atoms with Crippen molar-refractivity contribution in [2.24, 2.45) is 4.99 Å². The number of halogens is 1. The van der Waals surface area contributed by atoms with Crippen LogP contribution in [0, 0.1) is 19.6 Å². The van der Waals surface area contributed by atoms with Gasteiger partial charge in [-0.3, -0.25) is 0 Å². The minimum Gasteiger partial charge on any atom is -0.0622 e. The van der Waals surface area contributed by atoms with E-state index in [1.807, 2.05) is 30.3 Å². The summed E-state index contributed by atoms with van der Waals surface area (Å²) in [6, 6.07) is 71.0. The molecule has 0 aromatic heterocycles. The van der Waals surface area contributed by atoms with Gasteiger partial charge in [0.25, 0.3) is 0 Å². The minimum absolute atomic E-state index is 0.154. The molecule has 0 saturated heterocycles. The Morgan fingerprint density at radius 1 is 0.547 bits per heavy atom. The van der Waals surface area contributed by atoms with E-state index in [-0.39, 0.29) is 5.75 Å². The Kier molecular flexibility index (Phi) is 20.6. The smallest absolute Gasteiger partial charge is 0.0134 e. The molecule has 0 aliphatic carbocycles. The third-order valence-corrected chi connectivity index (χ3v) is 12.3. The van der Waals surface area contributed by atoms with Gasteiger partial charge >= 0.3 is 38.3 Å². The van der Waals surface area contributed by atoms with Gasteiger partial charge in [-0.25, -0.2) is 0 Å². The summed E-state index contributed by atoms with van der Waals surface area (Å²) in [7, 11) is 5.35. The van der Waals surface area contributed by atoms with E-state index in [2.05, 4.69) is 209 Å². The summed E-state index contributed by atoms with van der Waals surface area (Å²) in [5.41, 5.74) is 1.78. The number of aryl methyl sites for hydroxylation is 1. The maximum atomic E-state index is 9.22. The van der Waals surface area contributed by atoms with Gasteiger partial charge in [0.1, 0.15) is 0 Å². The zero-order valence-corrected chi connectivity index (χ0v) is 33.8. The Hall–Kier alpha value is -4.48. The number of hydrogen-bond donors (Lipinski definition) is 1. The third-order valence-electron chi connectivity index (χ3n) is 7.45. The molecule has 0 heterocycles. The summed E-state index contributed by atoms with van der Waals surface area (Å²) in [5, 5.41) is 17.6. The maximum Gasteiger partial charge on any atom is -0.0134 e. The second kappa shape index (κ2) is 25.5. The molecule has 3 nitrogen and oxygen atoms in total. The minimum atomic E-state index is -0.446. The average Bonchev–Trinajstić information content (AvgIpc) is 3.24. The fourth-order valence-corrected chi connectivity index (χ4v) is 9.83. The molecule has 0 aliphatic heterocycles. The number of phenolic OH excluding ortho intramolecular Hbond substituents is 1. The number of phenols is 1. The molecule has 7 heteroatoms. The maximum absolute atomic E-state index is 9.22. The molecule has 0 fully saturated rings. The van der Waals surface area contributed by atoms with E-state index >= 15 is 0 Å². The predicted molar refractivity (Wildman–Crippen MR) is 225 cm³/mol. The Morgan fingerprint density at radius 2 is 0.792 bits per heavy atom. The van der Waals surface area contributed by atoms with Crippen molar-refractivity contribution in [3.8, 4) is 5.75 Å². The van der Waals surface area contributed by atoms with E-state index in [0.717, 1.165) is 5.56 Å². The van der Waals surface area contributed by atoms with Crippen LogP contribution in [0.15, 0.2) is 199 Å². The van der Waals surface area contributed by atoms with Gasteiger partial charge in [0.2, 0.25) is 0 Å². The summed E-state index contributed by atoms with van der Waals surface area (Å²) >= 11 is 1.82. The quantitative estimate of drug-likeness (QED) is 0.0563. The first kappa shape index (κ1) is 42.9. The molecule has 53 heavy (non-hydrogen) atoms. The van der Waals surface area contributed by atoms with Crippen molar-refractivity contribution in [3.05, 3.63) is 218 Å². The first-order valence-corrected chi connectivity index (χ1v) is 21.4. The molecule has 266 valence electrons. The van der Waals surface area contributed by atoms with E-state index < -0.39 is 15.8 Å². The predicted octanol–water partition coefficient (Wildman–Crippen LogP) is 9.09. The van der Waals surface area contributed by atoms with Gasteiger partial charge in [-0.2, -0.15) is 17.7 Å². The number of nitrogens with zero attached hydrogens (tertiary/aromatic N) is 1. The Bertz CT molecular complexity index is 1730. The zero-order chi connectivity index (χ0) is 38.1. The Balaban J connectivity index is 0.000000211. The zero-order valence-electron chi connectivity index (χ0n) is 29.5. The van der Waals surface area contributed by atoms with E-state index in [1.165, 1.54) is 31.8 Å². The van der Waals surface area contributed by atoms with E-state index in [4.69, 9.17) is 4.65 Å². The molecule has 0 radical (unpaired) electrons. The molecule has 0 amide bonds. The van der Waals surface area contributed by atoms with Gasteiger partial charge in [-0.1, -0.05) is 194 Å². The van der Waals surface area contributed by atoms with Crippen molar-refractivity contribution in [2.45, 2.75) is 6.92 Å². The van der Waals surface area contributed by atoms with Gasteiger partial charge in [0, 0.05) is 12.8 Å². The van der Waals surface area contributed by atoms with Gasteiger partial charge in [-0.15, -0.1) is 6.07 Å². The monoisotopic (exact) mass is 837 g/mol. The standard InChI is InChI=1S/2C18H15P.C9H10NO.CO.ClH.Ru/c2*1-4-10-16(11-5-1)19(17-12-6-2-7-13-17)18-14-8-3-9-15-18;1-7-3-4-9(11)8(5-7)6-10-2;1-2;;/h2*1-15H;3,5-6,11H,1-2H3;;1H;/q;;-1;;;+2/p-1. The Labute approximate surface area is 331 Å². The normalized spacial score (nSPS) is 9.96. The van der Waals surface area contributed by atoms with E-state index in [9.17, 15) is 5.11 Å². The van der Waals surface area contributed by atoms with Crippen LogP contribution in [0.25, 0.3) is 0 Å². The third kappa shape index (κ3) is 14.1. The molecule has 0 saturated carbocycles. The van der Waals surface area contributed by atoms with Crippen LogP contribution in [-0.2, 0) is 22.0 Å². The van der Waals surface area contributed by atoms with Crippen LogP contribution in [0.2, 0.25) is 0 Å².